The number of rotatable bonds is 4. The molecule has 0 fully saturated rings. The molecule has 0 unspecified atom stereocenters. The number of para-hydroxylation sites is 1. The molecule has 0 saturated heterocycles. The van der Waals surface area contributed by atoms with Gasteiger partial charge in [0.2, 0.25) is 5.78 Å². The highest BCUT2D eigenvalue weighted by Gasteiger charge is 2.15. The Morgan fingerprint density at radius 2 is 1.50 bits per heavy atom. The van der Waals surface area contributed by atoms with E-state index in [1.807, 2.05) is 66.7 Å². The summed E-state index contributed by atoms with van der Waals surface area (Å²) in [6.07, 6.45) is 0. The summed E-state index contributed by atoms with van der Waals surface area (Å²) < 4.78 is 5.19. The zero-order valence-corrected chi connectivity index (χ0v) is 13.9. The largest absolute Gasteiger partial charge is 0.453 e. The molecular formula is C22H15NO3. The molecule has 0 aliphatic carbocycles. The van der Waals surface area contributed by atoms with Crippen LogP contribution in [-0.4, -0.2) is 23.3 Å². The van der Waals surface area contributed by atoms with Crippen molar-refractivity contribution in [1.82, 2.24) is 4.98 Å². The van der Waals surface area contributed by atoms with Gasteiger partial charge >= 0.3 is 5.97 Å². The zero-order chi connectivity index (χ0) is 17.9. The van der Waals surface area contributed by atoms with Crippen LogP contribution in [0.5, 0.6) is 0 Å². The molecule has 0 atom stereocenters. The molecule has 126 valence electrons. The lowest BCUT2D eigenvalue weighted by Gasteiger charge is -2.07. The Labute approximate surface area is 150 Å². The molecule has 0 N–H and O–H groups in total. The molecule has 0 saturated carbocycles. The zero-order valence-electron chi connectivity index (χ0n) is 13.9. The number of ketones is 1. The van der Waals surface area contributed by atoms with E-state index in [0.29, 0.717) is 11.1 Å². The summed E-state index contributed by atoms with van der Waals surface area (Å²) in [5.74, 6) is -0.847. The number of ether oxygens (including phenoxy) is 1. The van der Waals surface area contributed by atoms with Gasteiger partial charge in [0, 0.05) is 10.9 Å². The van der Waals surface area contributed by atoms with Crippen LogP contribution < -0.4 is 0 Å². The van der Waals surface area contributed by atoms with Gasteiger partial charge in [-0.15, -0.1) is 0 Å². The van der Waals surface area contributed by atoms with E-state index in [-0.39, 0.29) is 18.1 Å². The fourth-order valence-electron chi connectivity index (χ4n) is 2.93. The molecule has 0 amide bonds. The molecule has 26 heavy (non-hydrogen) atoms. The monoisotopic (exact) mass is 341 g/mol. The fraction of sp³-hybridized carbons (Fsp3) is 0.0455. The van der Waals surface area contributed by atoms with Gasteiger partial charge in [0.05, 0.1) is 5.52 Å². The second kappa shape index (κ2) is 6.76. The van der Waals surface area contributed by atoms with Crippen LogP contribution in [0, 0.1) is 0 Å². The third-order valence-electron chi connectivity index (χ3n) is 4.23. The van der Waals surface area contributed by atoms with Gasteiger partial charge in [0.25, 0.3) is 0 Å². The van der Waals surface area contributed by atoms with Crippen LogP contribution in [0.3, 0.4) is 0 Å². The molecule has 4 nitrogen and oxygen atoms in total. The van der Waals surface area contributed by atoms with E-state index < -0.39 is 5.97 Å². The van der Waals surface area contributed by atoms with Crippen molar-refractivity contribution >= 4 is 33.4 Å². The van der Waals surface area contributed by atoms with Crippen molar-refractivity contribution in [2.75, 3.05) is 6.61 Å². The van der Waals surface area contributed by atoms with Crippen molar-refractivity contribution in [1.29, 1.82) is 0 Å². The topological polar surface area (TPSA) is 56.3 Å². The quantitative estimate of drug-likeness (QED) is 0.407. The Balaban J connectivity index is 1.52. The first-order valence-electron chi connectivity index (χ1n) is 8.26. The molecular weight excluding hydrogens is 326 g/mol. The van der Waals surface area contributed by atoms with Crippen LogP contribution in [0.25, 0.3) is 21.7 Å². The molecule has 4 heteroatoms. The predicted octanol–water partition coefficient (Wildman–Crippen LogP) is 4.43. The summed E-state index contributed by atoms with van der Waals surface area (Å²) >= 11 is 0. The summed E-state index contributed by atoms with van der Waals surface area (Å²) in [6, 6.07) is 24.1. The maximum absolute atomic E-state index is 12.5. The Kier molecular flexibility index (Phi) is 4.15. The van der Waals surface area contributed by atoms with Crippen LogP contribution in [0.15, 0.2) is 78.9 Å². The molecule has 0 bridgehead atoms. The van der Waals surface area contributed by atoms with E-state index in [4.69, 9.17) is 4.74 Å². The van der Waals surface area contributed by atoms with Crippen molar-refractivity contribution in [3.63, 3.8) is 0 Å². The van der Waals surface area contributed by atoms with Crippen LogP contribution in [0.2, 0.25) is 0 Å². The number of pyridine rings is 1. The number of carbonyl (C=O) groups excluding carboxylic acids is 2. The second-order valence-electron chi connectivity index (χ2n) is 5.92. The number of esters is 1. The maximum atomic E-state index is 12.5. The van der Waals surface area contributed by atoms with Gasteiger partial charge in [-0.3, -0.25) is 4.79 Å². The highest BCUT2D eigenvalue weighted by Crippen LogP contribution is 2.19. The van der Waals surface area contributed by atoms with Crippen molar-refractivity contribution in [3.05, 3.63) is 90.1 Å². The first-order valence-corrected chi connectivity index (χ1v) is 8.26. The molecule has 4 rings (SSSR count). The van der Waals surface area contributed by atoms with E-state index in [1.54, 1.807) is 12.1 Å². The Morgan fingerprint density at radius 1 is 0.769 bits per heavy atom. The highest BCUT2D eigenvalue weighted by atomic mass is 16.5. The lowest BCUT2D eigenvalue weighted by molar-refractivity contribution is 0.0470. The van der Waals surface area contributed by atoms with Gasteiger partial charge in [0.1, 0.15) is 5.69 Å². The predicted molar refractivity (Wildman–Crippen MR) is 100 cm³/mol. The van der Waals surface area contributed by atoms with Crippen LogP contribution in [-0.2, 0) is 4.74 Å². The van der Waals surface area contributed by atoms with E-state index in [1.165, 1.54) is 0 Å². The second-order valence-corrected chi connectivity index (χ2v) is 5.92. The number of hydrogen-bond acceptors (Lipinski definition) is 4. The normalized spacial score (nSPS) is 10.8. The van der Waals surface area contributed by atoms with Crippen LogP contribution in [0.1, 0.15) is 20.8 Å². The summed E-state index contributed by atoms with van der Waals surface area (Å²) in [5.41, 5.74) is 1.44. The van der Waals surface area contributed by atoms with E-state index in [9.17, 15) is 9.59 Å². The number of Topliss-reactive ketones (excluding diaryl/α,β-unsaturated/α-hetero) is 1. The lowest BCUT2D eigenvalue weighted by Crippen LogP contribution is -2.15. The SMILES string of the molecule is O=C(OCC(=O)c1cccc2ccccc12)c1ccc2ccccc2n1. The van der Waals surface area contributed by atoms with Gasteiger partial charge in [-0.2, -0.15) is 0 Å². The molecule has 1 aromatic heterocycles. The maximum Gasteiger partial charge on any atom is 0.357 e. The van der Waals surface area contributed by atoms with Crippen molar-refractivity contribution in [3.8, 4) is 0 Å². The molecule has 3 aromatic carbocycles. The molecule has 4 aromatic rings. The van der Waals surface area contributed by atoms with E-state index >= 15 is 0 Å². The van der Waals surface area contributed by atoms with Gasteiger partial charge in [-0.25, -0.2) is 9.78 Å². The fourth-order valence-corrected chi connectivity index (χ4v) is 2.93. The average molecular weight is 341 g/mol. The summed E-state index contributed by atoms with van der Waals surface area (Å²) in [5, 5.41) is 2.76. The molecule has 0 spiro atoms. The van der Waals surface area contributed by atoms with Crippen molar-refractivity contribution in [2.24, 2.45) is 0 Å². The minimum atomic E-state index is -0.607. The van der Waals surface area contributed by atoms with Crippen LogP contribution >= 0.6 is 0 Å². The van der Waals surface area contributed by atoms with Gasteiger partial charge in [-0.1, -0.05) is 66.7 Å². The third kappa shape index (κ3) is 3.05. The van der Waals surface area contributed by atoms with Gasteiger partial charge < -0.3 is 4.74 Å². The summed E-state index contributed by atoms with van der Waals surface area (Å²) in [6.45, 7) is -0.318. The molecule has 0 aliphatic heterocycles. The smallest absolute Gasteiger partial charge is 0.357 e. The number of nitrogens with zero attached hydrogens (tertiary/aromatic N) is 1. The number of fused-ring (bicyclic) bond motifs is 2. The summed E-state index contributed by atoms with van der Waals surface area (Å²) in [7, 11) is 0. The average Bonchev–Trinajstić information content (AvgIpc) is 2.71. The van der Waals surface area contributed by atoms with Crippen molar-refractivity contribution in [2.45, 2.75) is 0 Å². The third-order valence-corrected chi connectivity index (χ3v) is 4.23. The number of carbonyl (C=O) groups is 2. The Hall–Kier alpha value is -3.53. The number of aromatic nitrogens is 1. The first-order chi connectivity index (χ1) is 12.7. The van der Waals surface area contributed by atoms with Gasteiger partial charge in [0.15, 0.2) is 6.61 Å². The minimum Gasteiger partial charge on any atom is -0.453 e. The Morgan fingerprint density at radius 3 is 2.38 bits per heavy atom. The first kappa shape index (κ1) is 16.0. The lowest BCUT2D eigenvalue weighted by atomic mass is 10.0. The highest BCUT2D eigenvalue weighted by molar-refractivity contribution is 6.09. The van der Waals surface area contributed by atoms with Gasteiger partial charge in [-0.05, 0) is 22.9 Å². The number of benzene rings is 3. The molecule has 0 radical (unpaired) electrons. The number of hydrogen-bond donors (Lipinski definition) is 0. The minimum absolute atomic E-state index is 0.189. The summed E-state index contributed by atoms with van der Waals surface area (Å²) in [4.78, 5) is 29.0. The van der Waals surface area contributed by atoms with Crippen molar-refractivity contribution < 1.29 is 14.3 Å². The van der Waals surface area contributed by atoms with E-state index in [2.05, 4.69) is 4.98 Å². The molecule has 1 heterocycles. The molecule has 0 aliphatic rings. The van der Waals surface area contributed by atoms with Crippen LogP contribution in [0.4, 0.5) is 0 Å². The van der Waals surface area contributed by atoms with E-state index in [0.717, 1.165) is 16.2 Å². The standard InChI is InChI=1S/C22H15NO3/c24-21(18-10-5-8-15-6-1-3-9-17(15)18)14-26-22(25)20-13-12-16-7-2-4-11-19(16)23-20/h1-13H,14H2. The Bertz CT molecular complexity index is 1130.